The lowest BCUT2D eigenvalue weighted by atomic mass is 9.96. The minimum absolute atomic E-state index is 0.0687. The maximum Gasteiger partial charge on any atom is 0.286 e. The molecule has 1 amide bonds. The summed E-state index contributed by atoms with van der Waals surface area (Å²) >= 11 is 1.41. The second-order valence-corrected chi connectivity index (χ2v) is 9.50. The molecule has 1 N–H and O–H groups in total. The number of amidine groups is 1. The number of aliphatic imine (C=N–C) groups is 1. The Bertz CT molecular complexity index is 1210. The van der Waals surface area contributed by atoms with Crippen molar-refractivity contribution in [2.45, 2.75) is 6.04 Å². The summed E-state index contributed by atoms with van der Waals surface area (Å²) in [6.07, 6.45) is 1.79. The maximum absolute atomic E-state index is 12.6. The van der Waals surface area contributed by atoms with E-state index >= 15 is 0 Å². The third-order valence-corrected chi connectivity index (χ3v) is 7.34. The Morgan fingerprint density at radius 3 is 2.17 bits per heavy atom. The van der Waals surface area contributed by atoms with Gasteiger partial charge in [-0.2, -0.15) is 4.99 Å². The Kier molecular flexibility index (Phi) is 6.88. The van der Waals surface area contributed by atoms with Crippen LogP contribution in [-0.2, 0) is 4.79 Å². The van der Waals surface area contributed by atoms with Gasteiger partial charge in [0.05, 0.1) is 18.1 Å². The summed E-state index contributed by atoms with van der Waals surface area (Å²) < 4.78 is 5.17. The summed E-state index contributed by atoms with van der Waals surface area (Å²) in [5.74, 6) is 0.212. The second-order valence-electron chi connectivity index (χ2n) is 8.49. The highest BCUT2D eigenvalue weighted by molar-refractivity contribution is 8.18. The van der Waals surface area contributed by atoms with Gasteiger partial charge in [-0.15, -0.1) is 0 Å². The van der Waals surface area contributed by atoms with Crippen LogP contribution in [0.2, 0.25) is 0 Å². The average molecular weight is 486 g/mol. The van der Waals surface area contributed by atoms with Crippen LogP contribution in [-0.4, -0.2) is 59.3 Å². The van der Waals surface area contributed by atoms with E-state index in [9.17, 15) is 9.90 Å². The summed E-state index contributed by atoms with van der Waals surface area (Å²) in [6.45, 7) is 3.35. The van der Waals surface area contributed by atoms with Gasteiger partial charge in [-0.25, -0.2) is 0 Å². The van der Waals surface area contributed by atoms with Crippen LogP contribution in [0.5, 0.6) is 11.5 Å². The molecule has 7 heteroatoms. The zero-order chi connectivity index (χ0) is 24.2. The van der Waals surface area contributed by atoms with Crippen molar-refractivity contribution in [3.8, 4) is 11.5 Å². The molecule has 0 bridgehead atoms. The number of piperazine rings is 1. The summed E-state index contributed by atoms with van der Waals surface area (Å²) in [6, 6.07) is 26.4. The predicted molar refractivity (Wildman–Crippen MR) is 141 cm³/mol. The van der Waals surface area contributed by atoms with Crippen LogP contribution in [0, 0.1) is 0 Å². The quantitative estimate of drug-likeness (QED) is 0.525. The van der Waals surface area contributed by atoms with Crippen LogP contribution in [0.25, 0.3) is 6.08 Å². The van der Waals surface area contributed by atoms with Gasteiger partial charge in [0.15, 0.2) is 16.7 Å². The lowest BCUT2D eigenvalue weighted by Crippen LogP contribution is -2.49. The molecule has 1 saturated heterocycles. The SMILES string of the molecule is COc1cc(/C=C2/SC(N3CCN(C(c4ccccc4)c4ccccc4)CC3)=NC2=O)ccc1O. The summed E-state index contributed by atoms with van der Waals surface area (Å²) in [4.78, 5) is 22.2. The zero-order valence-electron chi connectivity index (χ0n) is 19.5. The summed E-state index contributed by atoms with van der Waals surface area (Å²) in [5.41, 5.74) is 3.35. The molecule has 0 radical (unpaired) electrons. The van der Waals surface area contributed by atoms with Crippen LogP contribution < -0.4 is 4.74 Å². The highest BCUT2D eigenvalue weighted by Gasteiger charge is 2.31. The third-order valence-electron chi connectivity index (χ3n) is 6.29. The number of ether oxygens (including phenoxy) is 1. The third kappa shape index (κ3) is 5.11. The molecule has 0 aromatic heterocycles. The first-order chi connectivity index (χ1) is 17.1. The Balaban J connectivity index is 1.28. The minimum Gasteiger partial charge on any atom is -0.504 e. The van der Waals surface area contributed by atoms with E-state index in [0.717, 1.165) is 36.9 Å². The molecule has 1 fully saturated rings. The van der Waals surface area contributed by atoms with Crippen LogP contribution in [0.15, 0.2) is 88.8 Å². The predicted octanol–water partition coefficient (Wildman–Crippen LogP) is 4.78. The van der Waals surface area contributed by atoms with E-state index in [4.69, 9.17) is 4.74 Å². The fourth-order valence-corrected chi connectivity index (χ4v) is 5.49. The van der Waals surface area contributed by atoms with E-state index in [2.05, 4.69) is 75.5 Å². The van der Waals surface area contributed by atoms with Gasteiger partial charge >= 0.3 is 0 Å². The molecule has 0 atom stereocenters. The van der Waals surface area contributed by atoms with Crippen molar-refractivity contribution in [2.75, 3.05) is 33.3 Å². The van der Waals surface area contributed by atoms with E-state index in [0.29, 0.717) is 10.7 Å². The molecule has 3 aromatic carbocycles. The number of phenolic OH excluding ortho intramolecular Hbond substituents is 1. The molecule has 0 unspecified atom stereocenters. The largest absolute Gasteiger partial charge is 0.504 e. The first-order valence-electron chi connectivity index (χ1n) is 11.6. The molecule has 178 valence electrons. The number of nitrogens with zero attached hydrogens (tertiary/aromatic N) is 3. The normalized spacial score (nSPS) is 17.8. The van der Waals surface area contributed by atoms with Crippen molar-refractivity contribution in [2.24, 2.45) is 4.99 Å². The van der Waals surface area contributed by atoms with Gasteiger partial charge in [-0.3, -0.25) is 9.69 Å². The smallest absolute Gasteiger partial charge is 0.286 e. The van der Waals surface area contributed by atoms with E-state index in [1.807, 2.05) is 0 Å². The fraction of sp³-hybridized carbons (Fsp3) is 0.214. The van der Waals surface area contributed by atoms with Crippen LogP contribution in [0.3, 0.4) is 0 Å². The van der Waals surface area contributed by atoms with E-state index in [1.54, 1.807) is 24.3 Å². The molecular formula is C28H27N3O3S. The highest BCUT2D eigenvalue weighted by atomic mass is 32.2. The zero-order valence-corrected chi connectivity index (χ0v) is 20.3. The molecule has 0 aliphatic carbocycles. The Morgan fingerprint density at radius 2 is 1.57 bits per heavy atom. The number of rotatable bonds is 5. The van der Waals surface area contributed by atoms with E-state index in [1.165, 1.54) is 30.0 Å². The fourth-order valence-electron chi connectivity index (χ4n) is 4.52. The molecule has 2 heterocycles. The second kappa shape index (κ2) is 10.4. The first kappa shape index (κ1) is 23.2. The number of methoxy groups -OCH3 is 1. The van der Waals surface area contributed by atoms with Crippen molar-refractivity contribution in [1.29, 1.82) is 0 Å². The number of carbonyl (C=O) groups excluding carboxylic acids is 1. The molecular weight excluding hydrogens is 458 g/mol. The van der Waals surface area contributed by atoms with Gasteiger partial charge in [-0.1, -0.05) is 66.7 Å². The maximum atomic E-state index is 12.6. The van der Waals surface area contributed by atoms with Gasteiger partial charge in [0.2, 0.25) is 0 Å². The molecule has 6 nitrogen and oxygen atoms in total. The molecule has 5 rings (SSSR count). The van der Waals surface area contributed by atoms with E-state index < -0.39 is 0 Å². The first-order valence-corrected chi connectivity index (χ1v) is 12.4. The van der Waals surface area contributed by atoms with Crippen molar-refractivity contribution < 1.29 is 14.6 Å². The van der Waals surface area contributed by atoms with Gasteiger partial charge < -0.3 is 14.7 Å². The van der Waals surface area contributed by atoms with Gasteiger partial charge in [0.1, 0.15) is 0 Å². The molecule has 2 aliphatic rings. The number of hydrogen-bond donors (Lipinski definition) is 1. The van der Waals surface area contributed by atoms with Gasteiger partial charge in [0.25, 0.3) is 5.91 Å². The summed E-state index contributed by atoms with van der Waals surface area (Å²) in [5, 5.41) is 10.6. The van der Waals surface area contributed by atoms with Crippen molar-refractivity contribution in [1.82, 2.24) is 9.80 Å². The van der Waals surface area contributed by atoms with Crippen LogP contribution in [0.4, 0.5) is 0 Å². The number of aromatic hydroxyl groups is 1. The number of carbonyl (C=O) groups is 1. The standard InChI is InChI=1S/C28H27N3O3S/c1-34-24-18-20(12-13-23(24)32)19-25-27(33)29-28(35-25)31-16-14-30(15-17-31)26(21-8-4-2-5-9-21)22-10-6-3-7-11-22/h2-13,18-19,26,32H,14-17H2,1H3/b25-19+. The lowest BCUT2D eigenvalue weighted by molar-refractivity contribution is -0.113. The van der Waals surface area contributed by atoms with Crippen LogP contribution in [0.1, 0.15) is 22.7 Å². The number of benzene rings is 3. The monoisotopic (exact) mass is 485 g/mol. The number of thioether (sulfide) groups is 1. The molecule has 35 heavy (non-hydrogen) atoms. The van der Waals surface area contributed by atoms with Crippen molar-refractivity contribution in [3.05, 3.63) is 100 Å². The number of hydrogen-bond acceptors (Lipinski definition) is 6. The summed E-state index contributed by atoms with van der Waals surface area (Å²) in [7, 11) is 1.50. The van der Waals surface area contributed by atoms with Gasteiger partial charge in [0, 0.05) is 26.2 Å². The topological polar surface area (TPSA) is 65.4 Å². The molecule has 0 saturated carbocycles. The molecule has 3 aromatic rings. The van der Waals surface area contributed by atoms with Crippen molar-refractivity contribution >= 4 is 28.9 Å². The Labute approximate surface area is 209 Å². The number of amides is 1. The van der Waals surface area contributed by atoms with Gasteiger partial charge in [-0.05, 0) is 46.7 Å². The average Bonchev–Trinajstić information content (AvgIpc) is 3.27. The van der Waals surface area contributed by atoms with Crippen molar-refractivity contribution in [3.63, 3.8) is 0 Å². The molecule has 2 aliphatic heterocycles. The Morgan fingerprint density at radius 1 is 0.943 bits per heavy atom. The number of phenols is 1. The minimum atomic E-state index is -0.231. The Hall–Kier alpha value is -3.55. The molecule has 0 spiro atoms. The lowest BCUT2D eigenvalue weighted by Gasteiger charge is -2.40. The highest BCUT2D eigenvalue weighted by Crippen LogP contribution is 2.34. The van der Waals surface area contributed by atoms with Crippen LogP contribution >= 0.6 is 11.8 Å². The van der Waals surface area contributed by atoms with E-state index in [-0.39, 0.29) is 17.7 Å².